The first-order valence-electron chi connectivity index (χ1n) is 8.49. The summed E-state index contributed by atoms with van der Waals surface area (Å²) >= 11 is 0. The van der Waals surface area contributed by atoms with Crippen molar-refractivity contribution in [2.45, 2.75) is 18.8 Å². The van der Waals surface area contributed by atoms with Gasteiger partial charge in [-0.25, -0.2) is 0 Å². The van der Waals surface area contributed by atoms with Gasteiger partial charge >= 0.3 is 6.36 Å². The first-order chi connectivity index (χ1) is 13.8. The van der Waals surface area contributed by atoms with Crippen molar-refractivity contribution in [2.24, 2.45) is 0 Å². The van der Waals surface area contributed by atoms with Crippen molar-refractivity contribution in [3.63, 3.8) is 0 Å². The van der Waals surface area contributed by atoms with Gasteiger partial charge in [0.15, 0.2) is 0 Å². The van der Waals surface area contributed by atoms with Crippen LogP contribution in [0.25, 0.3) is 11.4 Å². The molecule has 10 heteroatoms. The third-order valence-corrected chi connectivity index (χ3v) is 3.83. The van der Waals surface area contributed by atoms with Gasteiger partial charge in [0.05, 0.1) is 12.6 Å². The van der Waals surface area contributed by atoms with E-state index in [0.29, 0.717) is 11.1 Å². The lowest BCUT2D eigenvalue weighted by Crippen LogP contribution is -2.39. The fourth-order valence-corrected chi connectivity index (χ4v) is 2.49. The number of carbonyl (C=O) groups is 1. The van der Waals surface area contributed by atoms with E-state index in [0.717, 1.165) is 12.1 Å². The number of hydrogen-bond donors (Lipinski definition) is 2. The van der Waals surface area contributed by atoms with E-state index in [4.69, 9.17) is 4.52 Å². The molecule has 29 heavy (non-hydrogen) atoms. The highest BCUT2D eigenvalue weighted by Gasteiger charge is 2.31. The lowest BCUT2D eigenvalue weighted by molar-refractivity contribution is -0.274. The van der Waals surface area contributed by atoms with Gasteiger partial charge in [0.2, 0.25) is 11.7 Å². The fourth-order valence-electron chi connectivity index (χ4n) is 2.49. The minimum Gasteiger partial charge on any atom is -0.406 e. The predicted molar refractivity (Wildman–Crippen MR) is 94.9 cm³/mol. The first-order valence-corrected chi connectivity index (χ1v) is 8.49. The third-order valence-electron chi connectivity index (χ3n) is 3.83. The molecule has 0 spiro atoms. The number of aliphatic hydroxyl groups is 1. The zero-order valence-electron chi connectivity index (χ0n) is 14.9. The molecule has 1 heterocycles. The predicted octanol–water partition coefficient (Wildman–Crippen LogP) is 2.97. The highest BCUT2D eigenvalue weighted by atomic mass is 19.4. The number of ether oxygens (including phenoxy) is 1. The van der Waals surface area contributed by atoms with Gasteiger partial charge in [0.1, 0.15) is 5.75 Å². The number of rotatable bonds is 7. The molecule has 152 valence electrons. The highest BCUT2D eigenvalue weighted by Crippen LogP contribution is 2.25. The Hall–Kier alpha value is -3.40. The first kappa shape index (κ1) is 20.3. The Morgan fingerprint density at radius 1 is 1.14 bits per heavy atom. The number of alkyl halides is 3. The monoisotopic (exact) mass is 407 g/mol. The maximum atomic E-state index is 12.2. The third kappa shape index (κ3) is 5.79. The maximum absolute atomic E-state index is 12.2. The van der Waals surface area contributed by atoms with E-state index < -0.39 is 12.4 Å². The second-order valence-electron chi connectivity index (χ2n) is 6.01. The van der Waals surface area contributed by atoms with Crippen LogP contribution in [0.15, 0.2) is 59.1 Å². The van der Waals surface area contributed by atoms with Gasteiger partial charge in [-0.2, -0.15) is 4.98 Å². The zero-order valence-corrected chi connectivity index (χ0v) is 14.9. The van der Waals surface area contributed by atoms with Crippen LogP contribution >= 0.6 is 0 Å². The molecule has 0 aliphatic heterocycles. The van der Waals surface area contributed by atoms with E-state index in [1.54, 1.807) is 30.3 Å². The standard InChI is InChI=1S/C19H16F3N3O4/c20-19(21,22)28-15-8-6-12(7-9-15)17-24-16(29-25-17)10-14(11-26)23-18(27)13-4-2-1-3-5-13/h1-9,14,26H,10-11H2,(H,23,27). The van der Waals surface area contributed by atoms with Crippen LogP contribution in [0, 0.1) is 0 Å². The van der Waals surface area contributed by atoms with E-state index >= 15 is 0 Å². The van der Waals surface area contributed by atoms with Crippen molar-refractivity contribution in [3.8, 4) is 17.1 Å². The molecular weight excluding hydrogens is 391 g/mol. The minimum atomic E-state index is -4.77. The van der Waals surface area contributed by atoms with Gasteiger partial charge in [-0.3, -0.25) is 4.79 Å². The van der Waals surface area contributed by atoms with Gasteiger partial charge in [0, 0.05) is 17.5 Å². The Balaban J connectivity index is 1.63. The molecule has 0 aliphatic carbocycles. The summed E-state index contributed by atoms with van der Waals surface area (Å²) in [7, 11) is 0. The summed E-state index contributed by atoms with van der Waals surface area (Å²) in [5.41, 5.74) is 0.863. The zero-order chi connectivity index (χ0) is 20.9. The van der Waals surface area contributed by atoms with Crippen LogP contribution in [0.1, 0.15) is 16.2 Å². The molecule has 1 aromatic heterocycles. The molecule has 0 saturated carbocycles. The number of benzene rings is 2. The van der Waals surface area contributed by atoms with E-state index in [1.165, 1.54) is 12.1 Å². The van der Waals surface area contributed by atoms with Crippen molar-refractivity contribution < 1.29 is 32.3 Å². The van der Waals surface area contributed by atoms with Crippen LogP contribution in [-0.4, -0.2) is 40.2 Å². The Labute approximate surface area is 163 Å². The lowest BCUT2D eigenvalue weighted by atomic mass is 10.1. The summed E-state index contributed by atoms with van der Waals surface area (Å²) in [4.78, 5) is 16.3. The van der Waals surface area contributed by atoms with Crippen molar-refractivity contribution in [3.05, 3.63) is 66.1 Å². The SMILES string of the molecule is O=C(NC(CO)Cc1nc(-c2ccc(OC(F)(F)F)cc2)no1)c1ccccc1. The average molecular weight is 407 g/mol. The number of carbonyl (C=O) groups excluding carboxylic acids is 1. The number of aliphatic hydroxyl groups excluding tert-OH is 1. The molecular formula is C19H16F3N3O4. The van der Waals surface area contributed by atoms with Crippen LogP contribution in [0.2, 0.25) is 0 Å². The largest absolute Gasteiger partial charge is 0.573 e. The van der Waals surface area contributed by atoms with Gasteiger partial charge in [-0.15, -0.1) is 13.2 Å². The molecule has 3 rings (SSSR count). The molecule has 0 fully saturated rings. The summed E-state index contributed by atoms with van der Waals surface area (Å²) in [6, 6.07) is 12.8. The molecule has 7 nitrogen and oxygen atoms in total. The van der Waals surface area contributed by atoms with Crippen molar-refractivity contribution in [1.29, 1.82) is 0 Å². The second kappa shape index (κ2) is 8.74. The molecule has 3 aromatic rings. The van der Waals surface area contributed by atoms with E-state index in [2.05, 4.69) is 20.2 Å². The van der Waals surface area contributed by atoms with Crippen LogP contribution in [-0.2, 0) is 6.42 Å². The molecule has 2 N–H and O–H groups in total. The number of aromatic nitrogens is 2. The molecule has 0 saturated heterocycles. The van der Waals surface area contributed by atoms with E-state index in [-0.39, 0.29) is 36.4 Å². The molecule has 2 aromatic carbocycles. The van der Waals surface area contributed by atoms with Crippen LogP contribution < -0.4 is 10.1 Å². The topological polar surface area (TPSA) is 97.5 Å². The molecule has 0 aliphatic rings. The van der Waals surface area contributed by atoms with Gasteiger partial charge in [-0.1, -0.05) is 23.4 Å². The smallest absolute Gasteiger partial charge is 0.406 e. The molecule has 0 radical (unpaired) electrons. The second-order valence-corrected chi connectivity index (χ2v) is 6.01. The van der Waals surface area contributed by atoms with Crippen LogP contribution in [0.5, 0.6) is 5.75 Å². The normalized spacial score (nSPS) is 12.4. The van der Waals surface area contributed by atoms with E-state index in [9.17, 15) is 23.1 Å². The summed E-state index contributed by atoms with van der Waals surface area (Å²) in [5.74, 6) is -0.411. The Kier molecular flexibility index (Phi) is 6.13. The summed E-state index contributed by atoms with van der Waals surface area (Å²) in [6.07, 6.45) is -4.69. The van der Waals surface area contributed by atoms with Gasteiger partial charge in [0.25, 0.3) is 5.91 Å². The molecule has 1 unspecified atom stereocenters. The van der Waals surface area contributed by atoms with Gasteiger partial charge < -0.3 is 19.7 Å². The maximum Gasteiger partial charge on any atom is 0.573 e. The molecule has 0 bridgehead atoms. The summed E-state index contributed by atoms with van der Waals surface area (Å²) < 4.78 is 45.6. The lowest BCUT2D eigenvalue weighted by Gasteiger charge is -2.14. The van der Waals surface area contributed by atoms with Crippen molar-refractivity contribution in [2.75, 3.05) is 6.61 Å². The number of amides is 1. The number of halogens is 3. The highest BCUT2D eigenvalue weighted by molar-refractivity contribution is 5.94. The summed E-state index contributed by atoms with van der Waals surface area (Å²) in [5, 5.41) is 16.0. The molecule has 1 amide bonds. The minimum absolute atomic E-state index is 0.0807. The van der Waals surface area contributed by atoms with E-state index in [1.807, 2.05) is 0 Å². The Morgan fingerprint density at radius 3 is 2.45 bits per heavy atom. The Morgan fingerprint density at radius 2 is 1.83 bits per heavy atom. The Bertz CT molecular complexity index is 943. The quantitative estimate of drug-likeness (QED) is 0.625. The number of nitrogens with one attached hydrogen (secondary N) is 1. The van der Waals surface area contributed by atoms with Crippen molar-refractivity contribution >= 4 is 5.91 Å². The number of hydrogen-bond acceptors (Lipinski definition) is 6. The average Bonchev–Trinajstić information content (AvgIpc) is 3.16. The van der Waals surface area contributed by atoms with Crippen LogP contribution in [0.4, 0.5) is 13.2 Å². The summed E-state index contributed by atoms with van der Waals surface area (Å²) in [6.45, 7) is -0.347. The fraction of sp³-hybridized carbons (Fsp3) is 0.211. The van der Waals surface area contributed by atoms with Crippen LogP contribution in [0.3, 0.4) is 0 Å². The van der Waals surface area contributed by atoms with Gasteiger partial charge in [-0.05, 0) is 36.4 Å². The molecule has 1 atom stereocenters. The van der Waals surface area contributed by atoms with Crippen molar-refractivity contribution in [1.82, 2.24) is 15.5 Å². The number of nitrogens with zero attached hydrogens (tertiary/aromatic N) is 2.